The lowest BCUT2D eigenvalue weighted by molar-refractivity contribution is -0.120. The Balaban J connectivity index is 1.71. The molecule has 6 heteroatoms. The number of rotatable bonds is 8. The number of benzene rings is 2. The number of hydrogen-bond donors (Lipinski definition) is 1. The zero-order valence-electron chi connectivity index (χ0n) is 14.3. The number of carbonyl (C=O) groups is 1. The summed E-state index contributed by atoms with van der Waals surface area (Å²) < 4.78 is 5.23. The first-order valence-corrected chi connectivity index (χ1v) is 9.83. The van der Waals surface area contributed by atoms with Crippen LogP contribution in [0.1, 0.15) is 16.7 Å². The molecule has 0 aromatic heterocycles. The van der Waals surface area contributed by atoms with Crippen molar-refractivity contribution in [2.24, 2.45) is 0 Å². The Kier molecular flexibility index (Phi) is 7.94. The summed E-state index contributed by atoms with van der Waals surface area (Å²) in [5.41, 5.74) is 2.95. The molecule has 2 rings (SSSR count). The Bertz CT molecular complexity index is 717. The van der Waals surface area contributed by atoms with E-state index in [1.807, 2.05) is 43.3 Å². The summed E-state index contributed by atoms with van der Waals surface area (Å²) in [5, 5.41) is 4.30. The summed E-state index contributed by atoms with van der Waals surface area (Å²) in [5.74, 6) is 2.38. The Morgan fingerprint density at radius 2 is 1.92 bits per heavy atom. The van der Waals surface area contributed by atoms with E-state index in [0.717, 1.165) is 33.9 Å². The molecule has 134 valence electrons. The minimum absolute atomic E-state index is 0.0148. The van der Waals surface area contributed by atoms with Gasteiger partial charge in [-0.3, -0.25) is 4.79 Å². The zero-order chi connectivity index (χ0) is 18.2. The van der Waals surface area contributed by atoms with Crippen molar-refractivity contribution in [1.82, 2.24) is 5.32 Å². The second-order valence-electron chi connectivity index (χ2n) is 5.58. The average Bonchev–Trinajstić information content (AvgIpc) is 2.57. The van der Waals surface area contributed by atoms with E-state index < -0.39 is 0 Å². The number of halogens is 2. The second kappa shape index (κ2) is 9.95. The van der Waals surface area contributed by atoms with E-state index in [9.17, 15) is 4.79 Å². The first-order chi connectivity index (χ1) is 12.0. The van der Waals surface area contributed by atoms with Gasteiger partial charge in [0.15, 0.2) is 0 Å². The molecule has 2 aromatic carbocycles. The number of carbonyl (C=O) groups excluding carboxylic acids is 1. The Morgan fingerprint density at radius 1 is 1.20 bits per heavy atom. The molecule has 25 heavy (non-hydrogen) atoms. The van der Waals surface area contributed by atoms with Crippen LogP contribution in [0.2, 0.25) is 10.0 Å². The summed E-state index contributed by atoms with van der Waals surface area (Å²) >= 11 is 14.0. The first kappa shape index (κ1) is 20.0. The molecule has 1 amide bonds. The van der Waals surface area contributed by atoms with Gasteiger partial charge in [-0.05, 0) is 41.8 Å². The van der Waals surface area contributed by atoms with Crippen molar-refractivity contribution in [3.05, 3.63) is 63.1 Å². The monoisotopic (exact) mass is 397 g/mol. The number of hydrogen-bond acceptors (Lipinski definition) is 3. The summed E-state index contributed by atoms with van der Waals surface area (Å²) in [6.07, 6.45) is 0.367. The van der Waals surface area contributed by atoms with Crippen LogP contribution in [-0.2, 0) is 17.0 Å². The normalized spacial score (nSPS) is 10.6. The van der Waals surface area contributed by atoms with Crippen molar-refractivity contribution in [2.75, 3.05) is 19.4 Å². The highest BCUT2D eigenvalue weighted by Crippen LogP contribution is 2.28. The van der Waals surface area contributed by atoms with Gasteiger partial charge in [-0.1, -0.05) is 41.4 Å². The van der Waals surface area contributed by atoms with Crippen LogP contribution in [0.15, 0.2) is 36.4 Å². The van der Waals surface area contributed by atoms with Crippen LogP contribution in [0.3, 0.4) is 0 Å². The lowest BCUT2D eigenvalue weighted by atomic mass is 10.1. The van der Waals surface area contributed by atoms with Gasteiger partial charge in [0, 0.05) is 28.1 Å². The third-order valence-electron chi connectivity index (χ3n) is 3.70. The molecular formula is C19H21Cl2NO2S. The molecule has 0 unspecified atom stereocenters. The van der Waals surface area contributed by atoms with Gasteiger partial charge < -0.3 is 10.1 Å². The van der Waals surface area contributed by atoms with Gasteiger partial charge in [0.2, 0.25) is 5.91 Å². The topological polar surface area (TPSA) is 38.3 Å². The minimum Gasteiger partial charge on any atom is -0.496 e. The van der Waals surface area contributed by atoms with Crippen molar-refractivity contribution < 1.29 is 9.53 Å². The van der Waals surface area contributed by atoms with Crippen LogP contribution in [-0.4, -0.2) is 25.3 Å². The predicted octanol–water partition coefficient (Wildman–Crippen LogP) is 4.90. The molecule has 3 nitrogen and oxygen atoms in total. The summed E-state index contributed by atoms with van der Waals surface area (Å²) in [6, 6.07) is 11.3. The molecule has 0 aliphatic carbocycles. The number of aryl methyl sites for hydroxylation is 1. The zero-order valence-corrected chi connectivity index (χ0v) is 16.6. The maximum Gasteiger partial charge on any atom is 0.224 e. The molecule has 1 N–H and O–H groups in total. The van der Waals surface area contributed by atoms with Crippen LogP contribution in [0.25, 0.3) is 0 Å². The SMILES string of the molecule is COc1ccc(CC(=O)NCCSCc2c(Cl)cccc2Cl)cc1C. The smallest absolute Gasteiger partial charge is 0.224 e. The molecule has 0 heterocycles. The van der Waals surface area contributed by atoms with Gasteiger partial charge in [0.1, 0.15) is 5.75 Å². The summed E-state index contributed by atoms with van der Waals surface area (Å²) in [7, 11) is 1.64. The Hall–Kier alpha value is -1.36. The first-order valence-electron chi connectivity index (χ1n) is 7.92. The number of ether oxygens (including phenoxy) is 1. The highest BCUT2D eigenvalue weighted by molar-refractivity contribution is 7.98. The fraction of sp³-hybridized carbons (Fsp3) is 0.316. The van der Waals surface area contributed by atoms with Crippen molar-refractivity contribution in [2.45, 2.75) is 19.1 Å². The molecule has 0 spiro atoms. The molecule has 0 atom stereocenters. The van der Waals surface area contributed by atoms with Crippen molar-refractivity contribution in [3.63, 3.8) is 0 Å². The molecule has 0 saturated heterocycles. The third kappa shape index (κ3) is 6.14. The van der Waals surface area contributed by atoms with E-state index in [1.165, 1.54) is 0 Å². The predicted molar refractivity (Wildman–Crippen MR) is 107 cm³/mol. The van der Waals surface area contributed by atoms with E-state index in [0.29, 0.717) is 23.0 Å². The van der Waals surface area contributed by atoms with E-state index in [4.69, 9.17) is 27.9 Å². The molecule has 0 bridgehead atoms. The summed E-state index contributed by atoms with van der Waals surface area (Å²) in [6.45, 7) is 2.58. The van der Waals surface area contributed by atoms with E-state index in [2.05, 4.69) is 5.32 Å². The lowest BCUT2D eigenvalue weighted by Crippen LogP contribution is -2.27. The highest BCUT2D eigenvalue weighted by atomic mass is 35.5. The van der Waals surface area contributed by atoms with Gasteiger partial charge in [-0.15, -0.1) is 0 Å². The Labute approximate surface area is 163 Å². The maximum atomic E-state index is 12.0. The number of methoxy groups -OCH3 is 1. The Morgan fingerprint density at radius 3 is 2.56 bits per heavy atom. The van der Waals surface area contributed by atoms with Gasteiger partial charge in [-0.25, -0.2) is 0 Å². The van der Waals surface area contributed by atoms with Crippen LogP contribution in [0.5, 0.6) is 5.75 Å². The summed E-state index contributed by atoms with van der Waals surface area (Å²) in [4.78, 5) is 12.0. The van der Waals surface area contributed by atoms with E-state index >= 15 is 0 Å². The van der Waals surface area contributed by atoms with Crippen LogP contribution in [0, 0.1) is 6.92 Å². The standard InChI is InChI=1S/C19H21Cl2NO2S/c1-13-10-14(6-7-18(13)24-2)11-19(23)22-8-9-25-12-15-16(20)4-3-5-17(15)21/h3-7,10H,8-9,11-12H2,1-2H3,(H,22,23). The molecule has 0 fully saturated rings. The molecular weight excluding hydrogens is 377 g/mol. The molecule has 0 aliphatic rings. The van der Waals surface area contributed by atoms with Crippen LogP contribution < -0.4 is 10.1 Å². The van der Waals surface area contributed by atoms with E-state index in [-0.39, 0.29) is 5.91 Å². The third-order valence-corrected chi connectivity index (χ3v) is 5.39. The average molecular weight is 398 g/mol. The largest absolute Gasteiger partial charge is 0.496 e. The van der Waals surface area contributed by atoms with Crippen LogP contribution in [0.4, 0.5) is 0 Å². The number of nitrogens with one attached hydrogen (secondary N) is 1. The number of thioether (sulfide) groups is 1. The molecule has 0 saturated carbocycles. The van der Waals surface area contributed by atoms with Gasteiger partial charge in [0.05, 0.1) is 13.5 Å². The van der Waals surface area contributed by atoms with Gasteiger partial charge >= 0.3 is 0 Å². The van der Waals surface area contributed by atoms with Crippen LogP contribution >= 0.6 is 35.0 Å². The van der Waals surface area contributed by atoms with E-state index in [1.54, 1.807) is 18.9 Å². The fourth-order valence-corrected chi connectivity index (χ4v) is 4.00. The van der Waals surface area contributed by atoms with Gasteiger partial charge in [0.25, 0.3) is 0 Å². The second-order valence-corrected chi connectivity index (χ2v) is 7.50. The van der Waals surface area contributed by atoms with Gasteiger partial charge in [-0.2, -0.15) is 11.8 Å². The van der Waals surface area contributed by atoms with Crippen molar-refractivity contribution >= 4 is 40.9 Å². The number of amides is 1. The lowest BCUT2D eigenvalue weighted by Gasteiger charge is -2.09. The minimum atomic E-state index is 0.0148. The quantitative estimate of drug-likeness (QED) is 0.643. The fourth-order valence-electron chi connectivity index (χ4n) is 2.41. The molecule has 0 radical (unpaired) electrons. The van der Waals surface area contributed by atoms with Crippen molar-refractivity contribution in [1.29, 1.82) is 0 Å². The maximum absolute atomic E-state index is 12.0. The van der Waals surface area contributed by atoms with Crippen molar-refractivity contribution in [3.8, 4) is 5.75 Å². The molecule has 2 aromatic rings. The molecule has 0 aliphatic heterocycles. The highest BCUT2D eigenvalue weighted by Gasteiger charge is 2.07.